The first-order chi connectivity index (χ1) is 18.2. The second-order valence-corrected chi connectivity index (χ2v) is 10.4. The van der Waals surface area contributed by atoms with Gasteiger partial charge in [0.2, 0.25) is 0 Å². The van der Waals surface area contributed by atoms with Crippen LogP contribution in [0.4, 0.5) is 0 Å². The van der Waals surface area contributed by atoms with E-state index >= 15 is 0 Å². The molecule has 3 aromatic heterocycles. The average molecular weight is 502 g/mol. The first kappa shape index (κ1) is 24.1. The van der Waals surface area contributed by atoms with E-state index in [9.17, 15) is 4.79 Å². The summed E-state index contributed by atoms with van der Waals surface area (Å²) < 4.78 is 7.34. The van der Waals surface area contributed by atoms with Gasteiger partial charge in [-0.2, -0.15) is 0 Å². The number of fused-ring (bicyclic) bond motifs is 1. The van der Waals surface area contributed by atoms with Gasteiger partial charge in [-0.05, 0) is 71.0 Å². The van der Waals surface area contributed by atoms with Gasteiger partial charge in [0.15, 0.2) is 5.82 Å². The summed E-state index contributed by atoms with van der Waals surface area (Å²) in [5.41, 5.74) is 2.68. The van der Waals surface area contributed by atoms with Crippen molar-refractivity contribution in [1.29, 1.82) is 0 Å². The molecule has 2 fully saturated rings. The molecule has 1 unspecified atom stereocenters. The van der Waals surface area contributed by atoms with Crippen molar-refractivity contribution in [3.05, 3.63) is 75.7 Å². The number of piperazine rings is 1. The van der Waals surface area contributed by atoms with Crippen molar-refractivity contribution in [2.45, 2.75) is 64.1 Å². The van der Waals surface area contributed by atoms with Crippen molar-refractivity contribution in [2.75, 3.05) is 26.2 Å². The van der Waals surface area contributed by atoms with Gasteiger partial charge in [-0.15, -0.1) is 5.10 Å². The van der Waals surface area contributed by atoms with Crippen LogP contribution in [0.2, 0.25) is 0 Å². The Labute approximate surface area is 216 Å². The van der Waals surface area contributed by atoms with E-state index in [-0.39, 0.29) is 11.6 Å². The summed E-state index contributed by atoms with van der Waals surface area (Å²) in [4.78, 5) is 21.7. The van der Waals surface area contributed by atoms with E-state index in [1.54, 1.807) is 10.9 Å². The van der Waals surface area contributed by atoms with Crippen LogP contribution >= 0.6 is 0 Å². The molecule has 1 atom stereocenters. The Bertz CT molecular complexity index is 1380. The number of aromatic amines is 1. The summed E-state index contributed by atoms with van der Waals surface area (Å²) >= 11 is 0. The number of hydrogen-bond donors (Lipinski definition) is 1. The molecule has 9 heteroatoms. The van der Waals surface area contributed by atoms with Crippen molar-refractivity contribution in [1.82, 2.24) is 35.0 Å². The number of furan rings is 1. The lowest BCUT2D eigenvalue weighted by atomic mass is 9.93. The summed E-state index contributed by atoms with van der Waals surface area (Å²) in [6.45, 7) is 6.27. The zero-order valence-electron chi connectivity index (χ0n) is 21.5. The van der Waals surface area contributed by atoms with Crippen LogP contribution in [0.25, 0.3) is 10.9 Å². The molecule has 37 heavy (non-hydrogen) atoms. The molecule has 2 aliphatic rings. The minimum atomic E-state index is -0.350. The molecule has 1 saturated heterocycles. The number of pyridine rings is 1. The fourth-order valence-corrected chi connectivity index (χ4v) is 6.07. The van der Waals surface area contributed by atoms with E-state index < -0.39 is 0 Å². The highest BCUT2D eigenvalue weighted by molar-refractivity contribution is 5.80. The molecule has 6 rings (SSSR count). The molecule has 1 aromatic carbocycles. The largest absolute Gasteiger partial charge is 0.467 e. The molecule has 0 radical (unpaired) electrons. The Morgan fingerprint density at radius 2 is 1.92 bits per heavy atom. The van der Waals surface area contributed by atoms with Gasteiger partial charge in [0.1, 0.15) is 18.3 Å². The molecular formula is C28H35N7O2. The normalized spacial score (nSPS) is 18.9. The van der Waals surface area contributed by atoms with Crippen LogP contribution in [0.1, 0.15) is 67.8 Å². The van der Waals surface area contributed by atoms with Crippen LogP contribution in [0.5, 0.6) is 0 Å². The highest BCUT2D eigenvalue weighted by Crippen LogP contribution is 2.30. The van der Waals surface area contributed by atoms with Crippen molar-refractivity contribution >= 4 is 10.9 Å². The minimum absolute atomic E-state index is 0.0935. The maximum atomic E-state index is 13.5. The number of nitrogens with one attached hydrogen (secondary N) is 1. The van der Waals surface area contributed by atoms with Gasteiger partial charge >= 0.3 is 0 Å². The molecule has 194 valence electrons. The van der Waals surface area contributed by atoms with Gasteiger partial charge in [0.05, 0.1) is 6.26 Å². The number of rotatable bonds is 7. The van der Waals surface area contributed by atoms with E-state index in [4.69, 9.17) is 4.42 Å². The van der Waals surface area contributed by atoms with E-state index in [0.29, 0.717) is 24.0 Å². The lowest BCUT2D eigenvalue weighted by Gasteiger charge is -2.42. The van der Waals surface area contributed by atoms with Crippen LogP contribution in [0.15, 0.2) is 51.9 Å². The first-order valence-electron chi connectivity index (χ1n) is 13.6. The third-order valence-corrected chi connectivity index (χ3v) is 8.14. The Hall–Kier alpha value is -3.30. The minimum Gasteiger partial charge on any atom is -0.467 e. The Kier molecular flexibility index (Phi) is 6.89. The lowest BCUT2D eigenvalue weighted by molar-refractivity contribution is 0.0617. The predicted octanol–water partition coefficient (Wildman–Crippen LogP) is 3.76. The number of aryl methyl sites for hydroxylation is 1. The zero-order valence-corrected chi connectivity index (χ0v) is 21.5. The summed E-state index contributed by atoms with van der Waals surface area (Å²) in [6.07, 6.45) is 9.23. The number of benzene rings is 1. The van der Waals surface area contributed by atoms with E-state index in [1.165, 1.54) is 37.7 Å². The Morgan fingerprint density at radius 1 is 1.08 bits per heavy atom. The number of aromatic nitrogens is 5. The topological polar surface area (TPSA) is 96.1 Å². The van der Waals surface area contributed by atoms with Gasteiger partial charge < -0.3 is 9.40 Å². The molecule has 0 bridgehead atoms. The summed E-state index contributed by atoms with van der Waals surface area (Å²) in [5, 5.41) is 13.8. The second-order valence-electron chi connectivity index (χ2n) is 10.4. The summed E-state index contributed by atoms with van der Waals surface area (Å²) in [5.74, 6) is 1.44. The molecule has 4 heterocycles. The number of tetrazole rings is 1. The zero-order chi connectivity index (χ0) is 25.2. The standard InChI is InChI=1S/C28H35N7O2/c1-2-20-10-11-25-21(17-20)18-24(28(36)29-25)26(27-30-31-32-35(27)19-23-9-6-16-37-23)34-14-12-33(13-15-34)22-7-4-3-5-8-22/h6,9-11,16-18,22,26H,2-5,7-8,12-15,19H2,1H3,(H,29,36). The molecule has 1 saturated carbocycles. The van der Waals surface area contributed by atoms with Gasteiger partial charge in [0.25, 0.3) is 5.56 Å². The van der Waals surface area contributed by atoms with Crippen molar-refractivity contribution in [3.63, 3.8) is 0 Å². The molecule has 0 spiro atoms. The van der Waals surface area contributed by atoms with Gasteiger partial charge in [-0.25, -0.2) is 4.68 Å². The molecule has 1 aliphatic heterocycles. The van der Waals surface area contributed by atoms with Crippen molar-refractivity contribution in [3.8, 4) is 0 Å². The van der Waals surface area contributed by atoms with Crippen LogP contribution < -0.4 is 5.56 Å². The average Bonchev–Trinajstić information content (AvgIpc) is 3.63. The molecule has 9 nitrogen and oxygen atoms in total. The smallest absolute Gasteiger partial charge is 0.253 e. The highest BCUT2D eigenvalue weighted by atomic mass is 16.3. The number of H-pyrrole nitrogens is 1. The van der Waals surface area contributed by atoms with Crippen LogP contribution in [0, 0.1) is 0 Å². The van der Waals surface area contributed by atoms with E-state index in [1.807, 2.05) is 24.3 Å². The number of nitrogens with zero attached hydrogens (tertiary/aromatic N) is 6. The van der Waals surface area contributed by atoms with Gasteiger partial charge in [-0.1, -0.05) is 32.3 Å². The molecule has 0 amide bonds. The fourth-order valence-electron chi connectivity index (χ4n) is 6.07. The SMILES string of the molecule is CCc1ccc2[nH]c(=O)c(C(c3nnnn3Cc3ccco3)N3CCN(C4CCCCC4)CC3)cc2c1. The second kappa shape index (κ2) is 10.6. The van der Waals surface area contributed by atoms with Crippen molar-refractivity contribution in [2.24, 2.45) is 0 Å². The van der Waals surface area contributed by atoms with Crippen LogP contribution in [-0.2, 0) is 13.0 Å². The first-order valence-corrected chi connectivity index (χ1v) is 13.6. The summed E-state index contributed by atoms with van der Waals surface area (Å²) in [6, 6.07) is 12.4. The molecule has 1 N–H and O–H groups in total. The lowest BCUT2D eigenvalue weighted by Crippen LogP contribution is -2.52. The number of hydrogen-bond acceptors (Lipinski definition) is 7. The fraction of sp³-hybridized carbons (Fsp3) is 0.500. The van der Waals surface area contributed by atoms with E-state index in [0.717, 1.165) is 49.3 Å². The predicted molar refractivity (Wildman–Crippen MR) is 141 cm³/mol. The molecule has 1 aliphatic carbocycles. The van der Waals surface area contributed by atoms with Gasteiger partial charge in [0, 0.05) is 43.3 Å². The molecular weight excluding hydrogens is 466 g/mol. The Morgan fingerprint density at radius 3 is 2.68 bits per heavy atom. The van der Waals surface area contributed by atoms with Gasteiger partial charge in [-0.3, -0.25) is 14.6 Å². The third-order valence-electron chi connectivity index (χ3n) is 8.14. The van der Waals surface area contributed by atoms with Crippen LogP contribution in [0.3, 0.4) is 0 Å². The highest BCUT2D eigenvalue weighted by Gasteiger charge is 2.34. The quantitative estimate of drug-likeness (QED) is 0.412. The molecule has 4 aromatic rings. The van der Waals surface area contributed by atoms with Crippen LogP contribution in [-0.4, -0.2) is 67.2 Å². The third kappa shape index (κ3) is 4.98. The monoisotopic (exact) mass is 501 g/mol. The summed E-state index contributed by atoms with van der Waals surface area (Å²) in [7, 11) is 0. The van der Waals surface area contributed by atoms with E-state index in [2.05, 4.69) is 49.4 Å². The Balaban J connectivity index is 1.37. The van der Waals surface area contributed by atoms with Crippen molar-refractivity contribution < 1.29 is 4.42 Å². The maximum absolute atomic E-state index is 13.5. The maximum Gasteiger partial charge on any atom is 0.253 e.